The molecule has 0 saturated carbocycles. The van der Waals surface area contributed by atoms with Gasteiger partial charge in [-0.2, -0.15) is 0 Å². The zero-order valence-electron chi connectivity index (χ0n) is 9.53. The van der Waals surface area contributed by atoms with Crippen molar-refractivity contribution >= 4 is 5.84 Å². The summed E-state index contributed by atoms with van der Waals surface area (Å²) in [5.74, 6) is 0.795. The number of nitrogens with one attached hydrogen (secondary N) is 1. The molecule has 0 unspecified atom stereocenters. The maximum absolute atomic E-state index is 7.30. The van der Waals surface area contributed by atoms with E-state index in [4.69, 9.17) is 20.6 Å². The van der Waals surface area contributed by atoms with E-state index in [1.165, 1.54) is 0 Å². The van der Waals surface area contributed by atoms with Gasteiger partial charge in [0.25, 0.3) is 0 Å². The average Bonchev–Trinajstić information content (AvgIpc) is 2.29. The first-order valence-corrected chi connectivity index (χ1v) is 5.39. The Hall–Kier alpha value is -1.55. The third-order valence-electron chi connectivity index (χ3n) is 2.05. The Morgan fingerprint density at radius 3 is 2.88 bits per heavy atom. The highest BCUT2D eigenvalue weighted by molar-refractivity contribution is 5.95. The van der Waals surface area contributed by atoms with Crippen LogP contribution in [0, 0.1) is 5.41 Å². The Morgan fingerprint density at radius 1 is 1.38 bits per heavy atom. The van der Waals surface area contributed by atoms with Crippen LogP contribution >= 0.6 is 0 Å². The Kier molecular flexibility index (Phi) is 5.36. The fourth-order valence-electron chi connectivity index (χ4n) is 1.25. The van der Waals surface area contributed by atoms with Gasteiger partial charge < -0.3 is 15.2 Å². The normalized spacial score (nSPS) is 10.1. The average molecular weight is 222 g/mol. The van der Waals surface area contributed by atoms with Crippen LogP contribution in [0.15, 0.2) is 24.3 Å². The number of rotatable bonds is 7. The van der Waals surface area contributed by atoms with Crippen molar-refractivity contribution < 1.29 is 9.47 Å². The summed E-state index contributed by atoms with van der Waals surface area (Å²) in [4.78, 5) is 0. The summed E-state index contributed by atoms with van der Waals surface area (Å²) in [7, 11) is 0. The number of amidine groups is 1. The summed E-state index contributed by atoms with van der Waals surface area (Å²) < 4.78 is 10.7. The number of benzene rings is 1. The molecule has 4 nitrogen and oxygen atoms in total. The van der Waals surface area contributed by atoms with Gasteiger partial charge in [0, 0.05) is 25.2 Å². The van der Waals surface area contributed by atoms with Crippen molar-refractivity contribution in [3.05, 3.63) is 29.8 Å². The second kappa shape index (κ2) is 6.85. The maximum Gasteiger partial charge on any atom is 0.122 e. The lowest BCUT2D eigenvalue weighted by molar-refractivity contribution is 0.131. The first-order valence-electron chi connectivity index (χ1n) is 5.39. The molecule has 0 fully saturated rings. The lowest BCUT2D eigenvalue weighted by atomic mass is 10.2. The molecule has 3 N–H and O–H groups in total. The second-order valence-corrected chi connectivity index (χ2v) is 3.34. The lowest BCUT2D eigenvalue weighted by Crippen LogP contribution is -2.11. The van der Waals surface area contributed by atoms with Crippen molar-refractivity contribution in [2.24, 2.45) is 5.73 Å². The van der Waals surface area contributed by atoms with Crippen LogP contribution < -0.4 is 10.5 Å². The molecule has 4 heteroatoms. The summed E-state index contributed by atoms with van der Waals surface area (Å²) in [5, 5.41) is 7.30. The van der Waals surface area contributed by atoms with E-state index in [1.807, 2.05) is 19.1 Å². The van der Waals surface area contributed by atoms with E-state index in [-0.39, 0.29) is 5.84 Å². The number of nitrogen functional groups attached to an aromatic ring is 1. The molecule has 0 aliphatic rings. The van der Waals surface area contributed by atoms with E-state index in [9.17, 15) is 0 Å². The SMILES string of the molecule is CCOCCCOc1cccc(C(=N)N)c1. The Morgan fingerprint density at radius 2 is 2.19 bits per heavy atom. The summed E-state index contributed by atoms with van der Waals surface area (Å²) in [6.07, 6.45) is 0.859. The van der Waals surface area contributed by atoms with Gasteiger partial charge in [0.05, 0.1) is 6.61 Å². The number of nitrogens with two attached hydrogens (primary N) is 1. The monoisotopic (exact) mass is 222 g/mol. The molecule has 0 amide bonds. The first kappa shape index (κ1) is 12.5. The van der Waals surface area contributed by atoms with Gasteiger partial charge in [-0.1, -0.05) is 12.1 Å². The molecule has 0 spiro atoms. The summed E-state index contributed by atoms with van der Waals surface area (Å²) >= 11 is 0. The molecule has 0 aliphatic carbocycles. The number of ether oxygens (including phenoxy) is 2. The molecule has 1 aromatic rings. The van der Waals surface area contributed by atoms with Gasteiger partial charge in [-0.3, -0.25) is 5.41 Å². The van der Waals surface area contributed by atoms with Gasteiger partial charge in [0.15, 0.2) is 0 Å². The molecule has 1 aromatic carbocycles. The van der Waals surface area contributed by atoms with Crippen molar-refractivity contribution in [1.82, 2.24) is 0 Å². The molecule has 0 atom stereocenters. The Labute approximate surface area is 95.9 Å². The molecule has 16 heavy (non-hydrogen) atoms. The summed E-state index contributed by atoms with van der Waals surface area (Å²) in [5.41, 5.74) is 6.07. The fraction of sp³-hybridized carbons (Fsp3) is 0.417. The maximum atomic E-state index is 7.30. The van der Waals surface area contributed by atoms with Crippen LogP contribution in [0.5, 0.6) is 5.75 Å². The molecule has 0 aliphatic heterocycles. The minimum atomic E-state index is 0.0553. The van der Waals surface area contributed by atoms with E-state index < -0.39 is 0 Å². The van der Waals surface area contributed by atoms with Crippen LogP contribution in [-0.2, 0) is 4.74 Å². The van der Waals surface area contributed by atoms with Gasteiger partial charge in [-0.15, -0.1) is 0 Å². The van der Waals surface area contributed by atoms with Gasteiger partial charge in [-0.25, -0.2) is 0 Å². The highest BCUT2D eigenvalue weighted by Crippen LogP contribution is 2.12. The molecule has 0 heterocycles. The van der Waals surface area contributed by atoms with Crippen LogP contribution in [-0.4, -0.2) is 25.7 Å². The highest BCUT2D eigenvalue weighted by Gasteiger charge is 1.99. The van der Waals surface area contributed by atoms with E-state index in [0.717, 1.165) is 18.8 Å². The minimum absolute atomic E-state index is 0.0553. The summed E-state index contributed by atoms with van der Waals surface area (Å²) in [6, 6.07) is 7.24. The first-order chi connectivity index (χ1) is 7.74. The zero-order chi connectivity index (χ0) is 11.8. The molecule has 1 rings (SSSR count). The second-order valence-electron chi connectivity index (χ2n) is 3.34. The van der Waals surface area contributed by atoms with Crippen LogP contribution in [0.2, 0.25) is 0 Å². The van der Waals surface area contributed by atoms with Crippen molar-refractivity contribution in [2.45, 2.75) is 13.3 Å². The number of hydrogen-bond acceptors (Lipinski definition) is 3. The van der Waals surface area contributed by atoms with E-state index in [1.54, 1.807) is 12.1 Å². The number of hydrogen-bond donors (Lipinski definition) is 2. The van der Waals surface area contributed by atoms with E-state index in [0.29, 0.717) is 18.8 Å². The van der Waals surface area contributed by atoms with Crippen molar-refractivity contribution in [2.75, 3.05) is 19.8 Å². The standard InChI is InChI=1S/C12H18N2O2/c1-2-15-7-4-8-16-11-6-3-5-10(9-11)12(13)14/h3,5-6,9H,2,4,7-8H2,1H3,(H3,13,14). The van der Waals surface area contributed by atoms with Crippen LogP contribution in [0.25, 0.3) is 0 Å². The molecular weight excluding hydrogens is 204 g/mol. The smallest absolute Gasteiger partial charge is 0.122 e. The molecular formula is C12H18N2O2. The molecule has 0 saturated heterocycles. The van der Waals surface area contributed by atoms with Gasteiger partial charge in [0.2, 0.25) is 0 Å². The van der Waals surface area contributed by atoms with Crippen LogP contribution in [0.3, 0.4) is 0 Å². The van der Waals surface area contributed by atoms with Gasteiger partial charge in [0.1, 0.15) is 11.6 Å². The highest BCUT2D eigenvalue weighted by atomic mass is 16.5. The predicted octanol–water partition coefficient (Wildman–Crippen LogP) is 1.78. The third-order valence-corrected chi connectivity index (χ3v) is 2.05. The largest absolute Gasteiger partial charge is 0.493 e. The Bertz CT molecular complexity index is 340. The molecule has 88 valence electrons. The summed E-state index contributed by atoms with van der Waals surface area (Å²) in [6.45, 7) is 4.03. The molecule has 0 aromatic heterocycles. The predicted molar refractivity (Wildman–Crippen MR) is 64.1 cm³/mol. The zero-order valence-corrected chi connectivity index (χ0v) is 9.53. The van der Waals surface area contributed by atoms with Gasteiger partial charge in [-0.05, 0) is 19.1 Å². The minimum Gasteiger partial charge on any atom is -0.493 e. The van der Waals surface area contributed by atoms with Crippen molar-refractivity contribution in [3.63, 3.8) is 0 Å². The van der Waals surface area contributed by atoms with Crippen molar-refractivity contribution in [1.29, 1.82) is 5.41 Å². The quantitative estimate of drug-likeness (QED) is 0.420. The van der Waals surface area contributed by atoms with Gasteiger partial charge >= 0.3 is 0 Å². The molecule has 0 bridgehead atoms. The van der Waals surface area contributed by atoms with E-state index >= 15 is 0 Å². The van der Waals surface area contributed by atoms with Crippen LogP contribution in [0.1, 0.15) is 18.9 Å². The Balaban J connectivity index is 2.36. The lowest BCUT2D eigenvalue weighted by Gasteiger charge is -2.07. The third kappa shape index (κ3) is 4.31. The van der Waals surface area contributed by atoms with E-state index in [2.05, 4.69) is 0 Å². The molecule has 0 radical (unpaired) electrons. The fourth-order valence-corrected chi connectivity index (χ4v) is 1.25. The topological polar surface area (TPSA) is 68.3 Å². The van der Waals surface area contributed by atoms with Crippen molar-refractivity contribution in [3.8, 4) is 5.75 Å². The van der Waals surface area contributed by atoms with Crippen LogP contribution in [0.4, 0.5) is 0 Å².